The molecule has 0 saturated carbocycles. The average Bonchev–Trinajstić information content (AvgIpc) is 2.47. The second-order valence-electron chi connectivity index (χ2n) is 3.75. The summed E-state index contributed by atoms with van der Waals surface area (Å²) in [6.07, 6.45) is 0.849. The van der Waals surface area contributed by atoms with Crippen molar-refractivity contribution in [2.75, 3.05) is 19.9 Å². The minimum atomic E-state index is -2.75. The van der Waals surface area contributed by atoms with Crippen molar-refractivity contribution in [3.63, 3.8) is 0 Å². The van der Waals surface area contributed by atoms with Crippen LogP contribution >= 0.6 is 7.17 Å². The van der Waals surface area contributed by atoms with E-state index < -0.39 is 7.17 Å². The van der Waals surface area contributed by atoms with Gasteiger partial charge in [-0.15, -0.1) is 0 Å². The number of hydrogen-bond acceptors (Lipinski definition) is 3. The molecule has 1 rings (SSSR count). The molecule has 0 aliphatic carbocycles. The summed E-state index contributed by atoms with van der Waals surface area (Å²) >= 11 is 0. The zero-order valence-corrected chi connectivity index (χ0v) is 10.1. The van der Waals surface area contributed by atoms with Crippen LogP contribution in [0, 0.1) is 0 Å². The summed E-state index contributed by atoms with van der Waals surface area (Å²) < 4.78 is 22.1. The molecule has 82 valence electrons. The highest BCUT2D eigenvalue weighted by Crippen LogP contribution is 2.37. The lowest BCUT2D eigenvalue weighted by Crippen LogP contribution is -2.37. The van der Waals surface area contributed by atoms with Crippen molar-refractivity contribution in [3.8, 4) is 0 Å². The quantitative estimate of drug-likeness (QED) is 0.540. The zero-order chi connectivity index (χ0) is 11.5. The fraction of sp³-hybridized carbons (Fsp3) is 1.00. The summed E-state index contributed by atoms with van der Waals surface area (Å²) in [6.45, 7) is 2.21. The van der Waals surface area contributed by atoms with Crippen molar-refractivity contribution in [1.82, 2.24) is 5.09 Å². The Hall–Kier alpha value is 0.240. The van der Waals surface area contributed by atoms with Gasteiger partial charge in [0.2, 0.25) is 0 Å². The third-order valence-electron chi connectivity index (χ3n) is 2.47. The summed E-state index contributed by atoms with van der Waals surface area (Å²) in [5, 5.41) is 2.92. The van der Waals surface area contributed by atoms with Crippen LogP contribution in [0.3, 0.4) is 0 Å². The highest BCUT2D eigenvalue weighted by molar-refractivity contribution is 7.85. The van der Waals surface area contributed by atoms with Gasteiger partial charge in [0, 0.05) is 25.3 Å². The summed E-state index contributed by atoms with van der Waals surface area (Å²) in [5.74, 6) is 0. The molecule has 1 aliphatic rings. The second kappa shape index (κ2) is 5.53. The molecular formula is C8H16B2NO3P. The van der Waals surface area contributed by atoms with Crippen molar-refractivity contribution >= 4 is 22.6 Å². The van der Waals surface area contributed by atoms with Gasteiger partial charge >= 0.3 is 0 Å². The Bertz CT molecular complexity index is 254. The minimum Gasteiger partial charge on any atom is -0.382 e. The predicted molar refractivity (Wildman–Crippen MR) is 61.7 cm³/mol. The lowest BCUT2D eigenvalue weighted by atomic mass is 9.95. The van der Waals surface area contributed by atoms with Gasteiger partial charge in [-0.05, 0) is 6.42 Å². The number of ether oxygens (including phenoxy) is 2. The molecule has 15 heavy (non-hydrogen) atoms. The molecule has 0 amide bonds. The van der Waals surface area contributed by atoms with E-state index in [0.717, 1.165) is 0 Å². The van der Waals surface area contributed by atoms with Gasteiger partial charge in [0.15, 0.2) is 7.57 Å². The molecule has 4 nitrogen and oxygen atoms in total. The van der Waals surface area contributed by atoms with Crippen LogP contribution in [0.4, 0.5) is 0 Å². The van der Waals surface area contributed by atoms with E-state index in [4.69, 9.17) is 24.9 Å². The van der Waals surface area contributed by atoms with Crippen molar-refractivity contribution in [3.05, 3.63) is 0 Å². The largest absolute Gasteiger partial charge is 0.382 e. The van der Waals surface area contributed by atoms with E-state index in [1.54, 1.807) is 14.0 Å². The number of methoxy groups -OCH3 is 1. The zero-order valence-electron chi connectivity index (χ0n) is 9.18. The van der Waals surface area contributed by atoms with E-state index in [0.29, 0.717) is 19.2 Å². The van der Waals surface area contributed by atoms with E-state index in [1.165, 1.54) is 0 Å². The van der Waals surface area contributed by atoms with Crippen LogP contribution < -0.4 is 5.09 Å². The SMILES string of the molecule is [B][C@H]1C[C@@H](NP([B])(=O)CC)C(COC)O1. The maximum Gasteiger partial charge on any atom is 0.185 e. The second-order valence-corrected chi connectivity index (χ2v) is 6.23. The number of nitrogens with one attached hydrogen (secondary N) is 1. The molecule has 0 spiro atoms. The van der Waals surface area contributed by atoms with E-state index in [1.807, 2.05) is 0 Å². The minimum absolute atomic E-state index is 0.0873. The Morgan fingerprint density at radius 1 is 1.67 bits per heavy atom. The molecule has 1 saturated heterocycles. The van der Waals surface area contributed by atoms with Gasteiger partial charge in [-0.25, -0.2) is 0 Å². The first-order valence-corrected chi connectivity index (χ1v) is 7.00. The van der Waals surface area contributed by atoms with Crippen LogP contribution in [0.25, 0.3) is 0 Å². The number of hydrogen-bond donors (Lipinski definition) is 1. The van der Waals surface area contributed by atoms with Gasteiger partial charge in [0.05, 0.1) is 19.9 Å². The fourth-order valence-electron chi connectivity index (χ4n) is 1.60. The Morgan fingerprint density at radius 3 is 2.87 bits per heavy atom. The van der Waals surface area contributed by atoms with Crippen molar-refractivity contribution in [1.29, 1.82) is 0 Å². The molecule has 2 unspecified atom stereocenters. The Labute approximate surface area is 93.7 Å². The third-order valence-corrected chi connectivity index (χ3v) is 4.18. The molecule has 1 aliphatic heterocycles. The molecule has 1 heterocycles. The number of rotatable bonds is 5. The van der Waals surface area contributed by atoms with Gasteiger partial charge < -0.3 is 14.0 Å². The lowest BCUT2D eigenvalue weighted by Gasteiger charge is -2.23. The average molecular weight is 227 g/mol. The van der Waals surface area contributed by atoms with Gasteiger partial charge in [0.1, 0.15) is 7.85 Å². The molecule has 0 aromatic heterocycles. The van der Waals surface area contributed by atoms with Crippen LogP contribution in [0.5, 0.6) is 0 Å². The molecule has 7 heteroatoms. The smallest absolute Gasteiger partial charge is 0.185 e. The van der Waals surface area contributed by atoms with Crippen LogP contribution in [-0.4, -0.2) is 53.4 Å². The van der Waals surface area contributed by atoms with E-state index in [2.05, 4.69) is 5.09 Å². The summed E-state index contributed by atoms with van der Waals surface area (Å²) in [5.41, 5.74) is 0. The lowest BCUT2D eigenvalue weighted by molar-refractivity contribution is 0.0184. The topological polar surface area (TPSA) is 47.6 Å². The summed E-state index contributed by atoms with van der Waals surface area (Å²) in [7, 11) is 10.1. The standard InChI is InChI=1S/C8H16B2NO3P/c1-3-15(10,12)11-6-4-8(9)14-7(6)5-13-2/h6-8H,3-5H2,1-2H3,(H,11,12)/t6-,7?,8-,15?/m1/s1. The molecule has 4 atom stereocenters. The van der Waals surface area contributed by atoms with Crippen molar-refractivity contribution in [2.24, 2.45) is 0 Å². The maximum atomic E-state index is 11.7. The Kier molecular flexibility index (Phi) is 4.91. The van der Waals surface area contributed by atoms with Gasteiger partial charge in [-0.1, -0.05) is 6.92 Å². The Morgan fingerprint density at radius 2 is 2.33 bits per heavy atom. The molecule has 0 aromatic carbocycles. The molecule has 1 fully saturated rings. The normalized spacial score (nSPS) is 35.2. The third kappa shape index (κ3) is 3.95. The highest BCUT2D eigenvalue weighted by atomic mass is 31.2. The first-order valence-electron chi connectivity index (χ1n) is 5.04. The fourth-order valence-corrected chi connectivity index (χ4v) is 2.62. The maximum absolute atomic E-state index is 11.7. The predicted octanol–water partition coefficient (Wildman–Crippen LogP) is 0.256. The molecule has 0 aromatic rings. The van der Waals surface area contributed by atoms with E-state index in [-0.39, 0.29) is 18.1 Å². The van der Waals surface area contributed by atoms with Crippen LogP contribution in [0.2, 0.25) is 0 Å². The summed E-state index contributed by atoms with van der Waals surface area (Å²) in [4.78, 5) is 0. The molecular weight excluding hydrogens is 211 g/mol. The molecule has 4 radical (unpaired) electrons. The summed E-state index contributed by atoms with van der Waals surface area (Å²) in [6, 6.07) is -0.421. The van der Waals surface area contributed by atoms with E-state index in [9.17, 15) is 4.57 Å². The Balaban J connectivity index is 2.55. The molecule has 0 bridgehead atoms. The first kappa shape index (κ1) is 13.3. The molecule has 1 N–H and O–H groups in total. The van der Waals surface area contributed by atoms with Gasteiger partial charge in [0.25, 0.3) is 0 Å². The van der Waals surface area contributed by atoms with Crippen molar-refractivity contribution in [2.45, 2.75) is 31.5 Å². The monoisotopic (exact) mass is 227 g/mol. The van der Waals surface area contributed by atoms with Crippen LogP contribution in [0.15, 0.2) is 0 Å². The van der Waals surface area contributed by atoms with Crippen molar-refractivity contribution < 1.29 is 14.0 Å². The van der Waals surface area contributed by atoms with Gasteiger partial charge in [-0.2, -0.15) is 0 Å². The van der Waals surface area contributed by atoms with Gasteiger partial charge in [-0.3, -0.25) is 5.09 Å². The highest BCUT2D eigenvalue weighted by Gasteiger charge is 2.34. The first-order chi connectivity index (χ1) is 6.98. The van der Waals surface area contributed by atoms with Crippen LogP contribution in [0.1, 0.15) is 13.3 Å². The van der Waals surface area contributed by atoms with Crippen LogP contribution in [-0.2, 0) is 14.0 Å². The van der Waals surface area contributed by atoms with E-state index >= 15 is 0 Å².